The van der Waals surface area contributed by atoms with E-state index in [4.69, 9.17) is 5.11 Å². The molecule has 0 heterocycles. The van der Waals surface area contributed by atoms with Gasteiger partial charge in [0.15, 0.2) is 0 Å². The molecule has 0 aliphatic rings. The monoisotopic (exact) mass is 264 g/mol. The number of hydrogen-bond acceptors (Lipinski definition) is 1. The van der Waals surface area contributed by atoms with Crippen molar-refractivity contribution in [1.29, 1.82) is 0 Å². The summed E-state index contributed by atoms with van der Waals surface area (Å²) in [7, 11) is 0. The van der Waals surface area contributed by atoms with Crippen molar-refractivity contribution in [2.45, 2.75) is 19.3 Å². The Bertz CT molecular complexity index is 326. The third kappa shape index (κ3) is 2.51. The molecule has 1 aromatic rings. The van der Waals surface area contributed by atoms with E-state index in [1.807, 2.05) is 6.92 Å². The highest BCUT2D eigenvalue weighted by atomic mass is 79.9. The van der Waals surface area contributed by atoms with Crippen molar-refractivity contribution in [2.24, 2.45) is 0 Å². The molecule has 1 rings (SSSR count). The first-order valence-electron chi connectivity index (χ1n) is 4.22. The lowest BCUT2D eigenvalue weighted by Crippen LogP contribution is -2.15. The van der Waals surface area contributed by atoms with Crippen LogP contribution in [0.15, 0.2) is 22.7 Å². The summed E-state index contributed by atoms with van der Waals surface area (Å²) in [6.07, 6.45) is -0.539. The molecule has 0 aromatic heterocycles. The number of hydrogen-bond donors (Lipinski definition) is 1. The highest BCUT2D eigenvalue weighted by Crippen LogP contribution is 2.33. The number of aliphatic hydroxyl groups excluding tert-OH is 1. The van der Waals surface area contributed by atoms with Crippen LogP contribution in [-0.4, -0.2) is 11.7 Å². The van der Waals surface area contributed by atoms with Gasteiger partial charge in [0.25, 0.3) is 5.92 Å². The number of halogens is 3. The molecule has 0 saturated carbocycles. The van der Waals surface area contributed by atoms with Crippen LogP contribution >= 0.6 is 15.9 Å². The zero-order valence-corrected chi connectivity index (χ0v) is 9.31. The number of benzene rings is 1. The van der Waals surface area contributed by atoms with E-state index in [2.05, 4.69) is 15.9 Å². The van der Waals surface area contributed by atoms with Crippen molar-refractivity contribution in [3.8, 4) is 0 Å². The lowest BCUT2D eigenvalue weighted by Gasteiger charge is -2.16. The van der Waals surface area contributed by atoms with Crippen LogP contribution in [0, 0.1) is 6.92 Å². The molecule has 78 valence electrons. The molecule has 4 heteroatoms. The van der Waals surface area contributed by atoms with Crippen LogP contribution < -0.4 is 0 Å². The van der Waals surface area contributed by atoms with Gasteiger partial charge in [0.2, 0.25) is 0 Å². The number of aryl methyl sites for hydroxylation is 1. The molecule has 1 nitrogen and oxygen atoms in total. The van der Waals surface area contributed by atoms with Crippen LogP contribution in [0.2, 0.25) is 0 Å². The molecule has 0 fully saturated rings. The molecular weight excluding hydrogens is 254 g/mol. The van der Waals surface area contributed by atoms with Gasteiger partial charge >= 0.3 is 0 Å². The molecule has 1 N–H and O–H groups in total. The lowest BCUT2D eigenvalue weighted by molar-refractivity contribution is -0.0270. The summed E-state index contributed by atoms with van der Waals surface area (Å²) in [5.74, 6) is -2.95. The Labute approximate surface area is 89.9 Å². The molecule has 0 amide bonds. The predicted molar refractivity (Wildman–Crippen MR) is 54.5 cm³/mol. The smallest absolute Gasteiger partial charge is 0.275 e. The highest BCUT2D eigenvalue weighted by Gasteiger charge is 2.30. The van der Waals surface area contributed by atoms with Gasteiger partial charge in [-0.3, -0.25) is 0 Å². The van der Waals surface area contributed by atoms with E-state index in [0.29, 0.717) is 4.47 Å². The van der Waals surface area contributed by atoms with Gasteiger partial charge in [-0.25, -0.2) is 8.78 Å². The maximum absolute atomic E-state index is 13.3. The van der Waals surface area contributed by atoms with Crippen molar-refractivity contribution < 1.29 is 13.9 Å². The van der Waals surface area contributed by atoms with Gasteiger partial charge in [0.1, 0.15) is 0 Å². The Hall–Kier alpha value is -0.480. The molecule has 0 bridgehead atoms. The van der Waals surface area contributed by atoms with Crippen LogP contribution in [0.4, 0.5) is 8.78 Å². The van der Waals surface area contributed by atoms with E-state index < -0.39 is 19.0 Å². The summed E-state index contributed by atoms with van der Waals surface area (Å²) in [4.78, 5) is 0. The molecule has 0 unspecified atom stereocenters. The fourth-order valence-corrected chi connectivity index (χ4v) is 1.48. The van der Waals surface area contributed by atoms with Crippen LogP contribution in [0.3, 0.4) is 0 Å². The normalized spacial score (nSPS) is 11.8. The van der Waals surface area contributed by atoms with Gasteiger partial charge in [0, 0.05) is 23.1 Å². The fourth-order valence-electron chi connectivity index (χ4n) is 1.11. The van der Waals surface area contributed by atoms with E-state index in [1.165, 1.54) is 12.1 Å². The molecule has 1 aromatic carbocycles. The zero-order chi connectivity index (χ0) is 10.8. The average molecular weight is 265 g/mol. The quantitative estimate of drug-likeness (QED) is 0.889. The Morgan fingerprint density at radius 1 is 1.43 bits per heavy atom. The number of aliphatic hydroxyl groups is 1. The lowest BCUT2D eigenvalue weighted by atomic mass is 10.0. The maximum atomic E-state index is 13.3. The first kappa shape index (κ1) is 11.6. The third-order valence-corrected chi connectivity index (χ3v) is 2.87. The van der Waals surface area contributed by atoms with Gasteiger partial charge < -0.3 is 5.11 Å². The van der Waals surface area contributed by atoms with E-state index in [-0.39, 0.29) is 5.56 Å². The molecule has 0 saturated heterocycles. The minimum Gasteiger partial charge on any atom is -0.396 e. The molecule has 0 spiro atoms. The largest absolute Gasteiger partial charge is 0.396 e. The molecule has 14 heavy (non-hydrogen) atoms. The Morgan fingerprint density at radius 2 is 2.07 bits per heavy atom. The molecular formula is C10H11BrF2O. The van der Waals surface area contributed by atoms with Gasteiger partial charge in [0.05, 0.1) is 0 Å². The van der Waals surface area contributed by atoms with Crippen molar-refractivity contribution in [2.75, 3.05) is 6.61 Å². The second-order valence-corrected chi connectivity index (χ2v) is 4.00. The van der Waals surface area contributed by atoms with Gasteiger partial charge in [-0.1, -0.05) is 28.1 Å². The SMILES string of the molecule is Cc1ccc(C(F)(F)CCO)cc1Br. The number of alkyl halides is 2. The van der Waals surface area contributed by atoms with Crippen molar-refractivity contribution in [1.82, 2.24) is 0 Å². The van der Waals surface area contributed by atoms with Crippen LogP contribution in [0.5, 0.6) is 0 Å². The summed E-state index contributed by atoms with van der Waals surface area (Å²) < 4.78 is 27.2. The van der Waals surface area contributed by atoms with Gasteiger partial charge in [-0.2, -0.15) is 0 Å². The summed E-state index contributed by atoms with van der Waals surface area (Å²) in [5, 5.41) is 8.50. The Kier molecular flexibility index (Phi) is 3.61. The standard InChI is InChI=1S/C10H11BrF2O/c1-7-2-3-8(6-9(7)11)10(12,13)4-5-14/h2-3,6,14H,4-5H2,1H3. The summed E-state index contributed by atoms with van der Waals surface area (Å²) in [5.41, 5.74) is 0.845. The van der Waals surface area contributed by atoms with Crippen LogP contribution in [0.25, 0.3) is 0 Å². The van der Waals surface area contributed by atoms with E-state index in [1.54, 1.807) is 6.07 Å². The minimum atomic E-state index is -2.95. The maximum Gasteiger partial charge on any atom is 0.275 e. The van der Waals surface area contributed by atoms with Gasteiger partial charge in [-0.15, -0.1) is 0 Å². The Balaban J connectivity index is 3.01. The van der Waals surface area contributed by atoms with Crippen LogP contribution in [-0.2, 0) is 5.92 Å². The summed E-state index contributed by atoms with van der Waals surface area (Å²) >= 11 is 3.19. The first-order chi connectivity index (χ1) is 6.47. The van der Waals surface area contributed by atoms with Crippen molar-refractivity contribution >= 4 is 15.9 Å². The predicted octanol–water partition coefficient (Wildman–Crippen LogP) is 3.23. The summed E-state index contributed by atoms with van der Waals surface area (Å²) in [6.45, 7) is 1.32. The third-order valence-electron chi connectivity index (χ3n) is 2.02. The molecule has 0 aliphatic carbocycles. The minimum absolute atomic E-state index is 0.0657. The van der Waals surface area contributed by atoms with E-state index >= 15 is 0 Å². The zero-order valence-electron chi connectivity index (χ0n) is 7.73. The van der Waals surface area contributed by atoms with Gasteiger partial charge in [-0.05, 0) is 18.6 Å². The molecule has 0 atom stereocenters. The highest BCUT2D eigenvalue weighted by molar-refractivity contribution is 9.10. The topological polar surface area (TPSA) is 20.2 Å². The van der Waals surface area contributed by atoms with E-state index in [0.717, 1.165) is 5.56 Å². The molecule has 0 radical (unpaired) electrons. The second-order valence-electron chi connectivity index (χ2n) is 3.14. The van der Waals surface area contributed by atoms with Crippen molar-refractivity contribution in [3.63, 3.8) is 0 Å². The Morgan fingerprint density at radius 3 is 2.57 bits per heavy atom. The first-order valence-corrected chi connectivity index (χ1v) is 5.02. The van der Waals surface area contributed by atoms with E-state index in [9.17, 15) is 8.78 Å². The molecule has 0 aliphatic heterocycles. The number of rotatable bonds is 3. The van der Waals surface area contributed by atoms with Crippen molar-refractivity contribution in [3.05, 3.63) is 33.8 Å². The second kappa shape index (κ2) is 4.36. The fraction of sp³-hybridized carbons (Fsp3) is 0.400. The average Bonchev–Trinajstić information content (AvgIpc) is 2.09. The summed E-state index contributed by atoms with van der Waals surface area (Å²) in [6, 6.07) is 4.41. The van der Waals surface area contributed by atoms with Crippen LogP contribution in [0.1, 0.15) is 17.5 Å².